The van der Waals surface area contributed by atoms with Gasteiger partial charge in [0.15, 0.2) is 0 Å². The Kier molecular flexibility index (Phi) is 8.48. The number of sulfonamides is 1. The summed E-state index contributed by atoms with van der Waals surface area (Å²) in [7, 11) is -1.83. The number of hydrogen-bond donors (Lipinski definition) is 2. The molecule has 0 aliphatic carbocycles. The molecule has 0 saturated heterocycles. The molecule has 2 aromatic carbocycles. The first-order valence-electron chi connectivity index (χ1n) is 11.5. The molecule has 0 aliphatic heterocycles. The van der Waals surface area contributed by atoms with Gasteiger partial charge in [-0.2, -0.15) is 5.10 Å². The number of hydrogen-bond acceptors (Lipinski definition) is 5. The van der Waals surface area contributed by atoms with Gasteiger partial charge >= 0.3 is 0 Å². The largest absolute Gasteiger partial charge is 0.496 e. The molecular weight excluding hydrogens is 500 g/mol. The number of rotatable bonds is 9. The van der Waals surface area contributed by atoms with Crippen molar-refractivity contribution in [2.45, 2.75) is 52.1 Å². The van der Waals surface area contributed by atoms with Gasteiger partial charge in [-0.3, -0.25) is 4.79 Å². The van der Waals surface area contributed by atoms with E-state index >= 15 is 0 Å². The molecule has 0 aliphatic rings. The number of aromatic nitrogens is 2. The van der Waals surface area contributed by atoms with E-state index in [1.54, 1.807) is 24.3 Å². The minimum absolute atomic E-state index is 0.104. The van der Waals surface area contributed by atoms with E-state index in [2.05, 4.69) is 30.8 Å². The molecule has 8 nitrogen and oxygen atoms in total. The molecule has 0 fully saturated rings. The second kappa shape index (κ2) is 11.0. The number of methoxy groups -OCH3 is 1. The maximum Gasteiger partial charge on any atom is 0.227 e. The number of halogens is 1. The standard InChI is InChI=1S/C26H33ClN4O4S/c1-17(18-10-11-19(23(12-18)35-5)15-29-36(6,33)34)25(32)28-16-22-14-24(26(2,3)4)30-31(22)21-9-7-8-20(27)13-21/h7-14,17,29H,15-16H2,1-6H3,(H,28,32). The van der Waals surface area contributed by atoms with Gasteiger partial charge in [-0.05, 0) is 42.8 Å². The summed E-state index contributed by atoms with van der Waals surface area (Å²) in [5.41, 5.74) is 3.83. The Morgan fingerprint density at radius 1 is 1.14 bits per heavy atom. The van der Waals surface area contributed by atoms with E-state index in [-0.39, 0.29) is 24.4 Å². The molecule has 1 amide bonds. The number of amides is 1. The fraction of sp³-hybridized carbons (Fsp3) is 0.385. The van der Waals surface area contributed by atoms with Crippen molar-refractivity contribution in [1.82, 2.24) is 19.8 Å². The van der Waals surface area contributed by atoms with Crippen molar-refractivity contribution in [3.8, 4) is 11.4 Å². The first-order chi connectivity index (χ1) is 16.8. The van der Waals surface area contributed by atoms with E-state index in [1.165, 1.54) is 7.11 Å². The first-order valence-corrected chi connectivity index (χ1v) is 13.8. The maximum atomic E-state index is 13.1. The second-order valence-electron chi connectivity index (χ2n) is 9.77. The van der Waals surface area contributed by atoms with E-state index in [4.69, 9.17) is 21.4 Å². The molecule has 0 spiro atoms. The van der Waals surface area contributed by atoms with E-state index in [0.717, 1.165) is 28.9 Å². The minimum Gasteiger partial charge on any atom is -0.496 e. The number of ether oxygens (including phenoxy) is 1. The summed E-state index contributed by atoms with van der Waals surface area (Å²) in [5, 5.41) is 8.41. The van der Waals surface area contributed by atoms with Crippen LogP contribution in [0.15, 0.2) is 48.5 Å². The van der Waals surface area contributed by atoms with Crippen LogP contribution in [-0.2, 0) is 33.3 Å². The van der Waals surface area contributed by atoms with Crippen molar-refractivity contribution < 1.29 is 17.9 Å². The van der Waals surface area contributed by atoms with Gasteiger partial charge < -0.3 is 10.1 Å². The van der Waals surface area contributed by atoms with Crippen LogP contribution < -0.4 is 14.8 Å². The molecule has 0 saturated carbocycles. The van der Waals surface area contributed by atoms with Crippen molar-refractivity contribution >= 4 is 27.5 Å². The van der Waals surface area contributed by atoms with Gasteiger partial charge in [0, 0.05) is 22.5 Å². The smallest absolute Gasteiger partial charge is 0.227 e. The lowest BCUT2D eigenvalue weighted by Crippen LogP contribution is -2.28. The highest BCUT2D eigenvalue weighted by Gasteiger charge is 2.22. The third kappa shape index (κ3) is 7.09. The average molecular weight is 533 g/mol. The monoisotopic (exact) mass is 532 g/mol. The van der Waals surface area contributed by atoms with Gasteiger partial charge in [-0.15, -0.1) is 0 Å². The van der Waals surface area contributed by atoms with E-state index in [0.29, 0.717) is 16.3 Å². The average Bonchev–Trinajstić information content (AvgIpc) is 3.25. The molecule has 1 atom stereocenters. The van der Waals surface area contributed by atoms with E-state index < -0.39 is 15.9 Å². The molecule has 36 heavy (non-hydrogen) atoms. The Balaban J connectivity index is 1.79. The molecule has 3 aromatic rings. The lowest BCUT2D eigenvalue weighted by atomic mass is 9.92. The van der Waals surface area contributed by atoms with Crippen LogP contribution in [0.1, 0.15) is 56.1 Å². The summed E-state index contributed by atoms with van der Waals surface area (Å²) >= 11 is 6.20. The number of nitrogens with zero attached hydrogens (tertiary/aromatic N) is 2. The van der Waals surface area contributed by atoms with E-state index in [1.807, 2.05) is 35.9 Å². The van der Waals surface area contributed by atoms with Gasteiger partial charge in [-0.1, -0.05) is 50.6 Å². The quantitative estimate of drug-likeness (QED) is 0.428. The molecule has 10 heteroatoms. The molecule has 1 heterocycles. The zero-order chi connectivity index (χ0) is 26.7. The highest BCUT2D eigenvalue weighted by atomic mass is 35.5. The lowest BCUT2D eigenvalue weighted by Gasteiger charge is -2.16. The van der Waals surface area contributed by atoms with Gasteiger partial charge in [0.05, 0.1) is 42.9 Å². The van der Waals surface area contributed by atoms with Crippen LogP contribution in [0.4, 0.5) is 0 Å². The maximum absolute atomic E-state index is 13.1. The number of carbonyl (C=O) groups excluding carboxylic acids is 1. The van der Waals surface area contributed by atoms with Gasteiger partial charge in [-0.25, -0.2) is 17.8 Å². The summed E-state index contributed by atoms with van der Waals surface area (Å²) in [5.74, 6) is -0.104. The fourth-order valence-corrected chi connectivity index (χ4v) is 4.21. The highest BCUT2D eigenvalue weighted by molar-refractivity contribution is 7.88. The zero-order valence-electron chi connectivity index (χ0n) is 21.4. The molecule has 2 N–H and O–H groups in total. The van der Waals surface area contributed by atoms with Crippen molar-refractivity contribution in [1.29, 1.82) is 0 Å². The van der Waals surface area contributed by atoms with Crippen molar-refractivity contribution in [2.24, 2.45) is 0 Å². The predicted octanol–water partition coefficient (Wildman–Crippen LogP) is 4.30. The van der Waals surface area contributed by atoms with Crippen molar-refractivity contribution in [3.05, 3.63) is 76.1 Å². The third-order valence-electron chi connectivity index (χ3n) is 5.78. The SMILES string of the molecule is COc1cc(C(C)C(=O)NCc2cc(C(C)(C)C)nn2-c2cccc(Cl)c2)ccc1CNS(C)(=O)=O. The highest BCUT2D eigenvalue weighted by Crippen LogP contribution is 2.27. The van der Waals surface area contributed by atoms with Crippen molar-refractivity contribution in [2.75, 3.05) is 13.4 Å². The molecule has 1 aromatic heterocycles. The van der Waals surface area contributed by atoms with Gasteiger partial charge in [0.1, 0.15) is 5.75 Å². The van der Waals surface area contributed by atoms with Crippen LogP contribution in [0.2, 0.25) is 5.02 Å². The van der Waals surface area contributed by atoms with Gasteiger partial charge in [0.2, 0.25) is 15.9 Å². The minimum atomic E-state index is -3.34. The molecule has 0 radical (unpaired) electrons. The summed E-state index contributed by atoms with van der Waals surface area (Å²) in [4.78, 5) is 13.1. The molecule has 1 unspecified atom stereocenters. The summed E-state index contributed by atoms with van der Waals surface area (Å²) < 4.78 is 32.5. The first kappa shape index (κ1) is 27.7. The topological polar surface area (TPSA) is 102 Å². The molecule has 3 rings (SSSR count). The Morgan fingerprint density at radius 2 is 1.86 bits per heavy atom. The van der Waals surface area contributed by atoms with Crippen LogP contribution >= 0.6 is 11.6 Å². The number of benzene rings is 2. The van der Waals surface area contributed by atoms with Crippen LogP contribution in [0.3, 0.4) is 0 Å². The van der Waals surface area contributed by atoms with Gasteiger partial charge in [0.25, 0.3) is 0 Å². The Morgan fingerprint density at radius 3 is 2.47 bits per heavy atom. The normalized spacial score (nSPS) is 12.9. The summed E-state index contributed by atoms with van der Waals surface area (Å²) in [6.07, 6.45) is 1.10. The van der Waals surface area contributed by atoms with E-state index in [9.17, 15) is 13.2 Å². The Bertz CT molecular complexity index is 1350. The van der Waals surface area contributed by atoms with Crippen LogP contribution in [0.25, 0.3) is 5.69 Å². The Hall–Kier alpha value is -2.88. The van der Waals surface area contributed by atoms with Crippen LogP contribution in [-0.4, -0.2) is 37.5 Å². The van der Waals surface area contributed by atoms with Crippen LogP contribution in [0, 0.1) is 0 Å². The summed E-state index contributed by atoms with van der Waals surface area (Å²) in [6, 6.07) is 14.8. The lowest BCUT2D eigenvalue weighted by molar-refractivity contribution is -0.122. The molecule has 194 valence electrons. The molecule has 0 bridgehead atoms. The number of nitrogens with one attached hydrogen (secondary N) is 2. The van der Waals surface area contributed by atoms with Crippen LogP contribution in [0.5, 0.6) is 5.75 Å². The zero-order valence-corrected chi connectivity index (χ0v) is 23.0. The predicted molar refractivity (Wildman–Crippen MR) is 142 cm³/mol. The second-order valence-corrected chi connectivity index (χ2v) is 12.0. The summed E-state index contributed by atoms with van der Waals surface area (Å²) in [6.45, 7) is 8.46. The molecular formula is C26H33ClN4O4S. The number of carbonyl (C=O) groups is 1. The third-order valence-corrected chi connectivity index (χ3v) is 6.68. The Labute approximate surface area is 218 Å². The van der Waals surface area contributed by atoms with Crippen molar-refractivity contribution in [3.63, 3.8) is 0 Å². The fourth-order valence-electron chi connectivity index (χ4n) is 3.61.